The molecule has 1 amide bonds. The molecular weight excluding hydrogens is 434 g/mol. The summed E-state index contributed by atoms with van der Waals surface area (Å²) in [6.07, 6.45) is -0.832. The van der Waals surface area contributed by atoms with Crippen molar-refractivity contribution in [2.75, 3.05) is 13.7 Å². The van der Waals surface area contributed by atoms with Crippen LogP contribution in [-0.4, -0.2) is 46.4 Å². The van der Waals surface area contributed by atoms with Gasteiger partial charge >= 0.3 is 5.97 Å². The zero-order valence-corrected chi connectivity index (χ0v) is 18.7. The van der Waals surface area contributed by atoms with Gasteiger partial charge in [0.05, 0.1) is 36.8 Å². The van der Waals surface area contributed by atoms with Crippen molar-refractivity contribution in [3.05, 3.63) is 95.8 Å². The van der Waals surface area contributed by atoms with Crippen LogP contribution < -0.4 is 10.1 Å². The topological polar surface area (TPSA) is 103 Å². The highest BCUT2D eigenvalue weighted by Gasteiger charge is 2.16. The van der Waals surface area contributed by atoms with E-state index in [0.29, 0.717) is 22.7 Å². The van der Waals surface area contributed by atoms with E-state index in [2.05, 4.69) is 15.0 Å². The summed E-state index contributed by atoms with van der Waals surface area (Å²) in [6, 6.07) is 23.1. The van der Waals surface area contributed by atoms with Gasteiger partial charge in [-0.2, -0.15) is 0 Å². The highest BCUT2D eigenvalue weighted by molar-refractivity contribution is 5.94. The summed E-state index contributed by atoms with van der Waals surface area (Å²) < 4.78 is 12.3. The highest BCUT2D eigenvalue weighted by atomic mass is 16.5. The molecule has 174 valence electrons. The first-order chi connectivity index (χ1) is 16.5. The molecule has 0 saturated carbocycles. The van der Waals surface area contributed by atoms with E-state index in [1.807, 2.05) is 47.0 Å². The molecule has 1 heterocycles. The number of ether oxygens (including phenoxy) is 2. The van der Waals surface area contributed by atoms with E-state index in [0.717, 1.165) is 11.0 Å². The number of rotatable bonds is 9. The molecule has 0 aliphatic carbocycles. The number of fused-ring (bicyclic) bond motifs is 1. The standard InChI is InChI=1S/C26H25N3O5/c1-33-26(32)19-11-13-21(14-12-19)34-17-20(30)16-29-23-10-6-5-9-22(23)28-24(29)15-27-25(31)18-7-3-2-4-8-18/h2-14,20,30H,15-17H2,1H3,(H,27,31)/t20-/m1/s1. The number of aromatic nitrogens is 2. The molecule has 0 aliphatic rings. The Kier molecular flexibility index (Phi) is 7.19. The number of aliphatic hydroxyl groups excluding tert-OH is 1. The number of benzene rings is 3. The first-order valence-corrected chi connectivity index (χ1v) is 10.8. The zero-order valence-electron chi connectivity index (χ0n) is 18.7. The molecule has 1 atom stereocenters. The van der Waals surface area contributed by atoms with E-state index < -0.39 is 12.1 Å². The lowest BCUT2D eigenvalue weighted by atomic mass is 10.2. The summed E-state index contributed by atoms with van der Waals surface area (Å²) >= 11 is 0. The third-order valence-corrected chi connectivity index (χ3v) is 5.29. The van der Waals surface area contributed by atoms with Gasteiger partial charge in [0.1, 0.15) is 24.3 Å². The molecule has 0 saturated heterocycles. The van der Waals surface area contributed by atoms with Crippen LogP contribution in [0.3, 0.4) is 0 Å². The molecule has 4 rings (SSSR count). The van der Waals surface area contributed by atoms with Gasteiger partial charge < -0.3 is 24.5 Å². The molecule has 0 aliphatic heterocycles. The summed E-state index contributed by atoms with van der Waals surface area (Å²) in [5.74, 6) is 0.536. The van der Waals surface area contributed by atoms with Crippen molar-refractivity contribution in [3.63, 3.8) is 0 Å². The van der Waals surface area contributed by atoms with E-state index in [1.54, 1.807) is 36.4 Å². The van der Waals surface area contributed by atoms with Crippen molar-refractivity contribution in [1.29, 1.82) is 0 Å². The number of hydrogen-bond acceptors (Lipinski definition) is 6. The van der Waals surface area contributed by atoms with Gasteiger partial charge in [-0.3, -0.25) is 4.79 Å². The maximum atomic E-state index is 12.5. The normalized spacial score (nSPS) is 11.7. The van der Waals surface area contributed by atoms with E-state index in [4.69, 9.17) is 4.74 Å². The molecule has 34 heavy (non-hydrogen) atoms. The summed E-state index contributed by atoms with van der Waals surface area (Å²) in [5.41, 5.74) is 2.62. The van der Waals surface area contributed by atoms with Crippen LogP contribution in [0.25, 0.3) is 11.0 Å². The Balaban J connectivity index is 1.43. The maximum absolute atomic E-state index is 12.5. The summed E-state index contributed by atoms with van der Waals surface area (Å²) in [7, 11) is 1.32. The number of imidazole rings is 1. The monoisotopic (exact) mass is 459 g/mol. The van der Waals surface area contributed by atoms with Crippen molar-refractivity contribution in [2.24, 2.45) is 0 Å². The minimum atomic E-state index is -0.832. The summed E-state index contributed by atoms with van der Waals surface area (Å²) in [4.78, 5) is 28.6. The average Bonchev–Trinajstić information content (AvgIpc) is 3.23. The third kappa shape index (κ3) is 5.41. The first-order valence-electron chi connectivity index (χ1n) is 10.8. The van der Waals surface area contributed by atoms with Crippen LogP contribution in [0.2, 0.25) is 0 Å². The van der Waals surface area contributed by atoms with Crippen LogP contribution in [0.4, 0.5) is 0 Å². The van der Waals surface area contributed by atoms with Crippen LogP contribution in [0.15, 0.2) is 78.9 Å². The number of amides is 1. The van der Waals surface area contributed by atoms with E-state index in [9.17, 15) is 14.7 Å². The number of nitrogens with one attached hydrogen (secondary N) is 1. The fourth-order valence-electron chi connectivity index (χ4n) is 3.58. The second kappa shape index (κ2) is 10.6. The van der Waals surface area contributed by atoms with Crippen molar-refractivity contribution in [3.8, 4) is 5.75 Å². The molecule has 0 spiro atoms. The molecule has 0 bridgehead atoms. The number of methoxy groups -OCH3 is 1. The van der Waals surface area contributed by atoms with Crippen LogP contribution in [-0.2, 0) is 17.8 Å². The van der Waals surface area contributed by atoms with Crippen molar-refractivity contribution >= 4 is 22.9 Å². The predicted octanol–water partition coefficient (Wildman–Crippen LogP) is 3.19. The Morgan fingerprint density at radius 2 is 1.68 bits per heavy atom. The van der Waals surface area contributed by atoms with Crippen molar-refractivity contribution in [1.82, 2.24) is 14.9 Å². The Labute approximate surface area is 196 Å². The predicted molar refractivity (Wildman–Crippen MR) is 127 cm³/mol. The number of esters is 1. The lowest BCUT2D eigenvalue weighted by Crippen LogP contribution is -2.28. The van der Waals surface area contributed by atoms with Gasteiger partial charge in [0, 0.05) is 5.56 Å². The number of carbonyl (C=O) groups excluding carboxylic acids is 2. The smallest absolute Gasteiger partial charge is 0.337 e. The van der Waals surface area contributed by atoms with Crippen LogP contribution in [0.1, 0.15) is 26.5 Å². The molecule has 8 nitrogen and oxygen atoms in total. The van der Waals surface area contributed by atoms with Crippen molar-refractivity contribution < 1.29 is 24.2 Å². The van der Waals surface area contributed by atoms with Gasteiger partial charge in [-0.05, 0) is 48.5 Å². The third-order valence-electron chi connectivity index (χ3n) is 5.29. The number of aliphatic hydroxyl groups is 1. The van der Waals surface area contributed by atoms with Crippen LogP contribution in [0.5, 0.6) is 5.75 Å². The number of hydrogen-bond donors (Lipinski definition) is 2. The molecule has 0 unspecified atom stereocenters. The Morgan fingerprint density at radius 1 is 0.971 bits per heavy atom. The Morgan fingerprint density at radius 3 is 2.41 bits per heavy atom. The Bertz CT molecular complexity index is 1270. The fourth-order valence-corrected chi connectivity index (χ4v) is 3.58. The summed E-state index contributed by atoms with van der Waals surface area (Å²) in [5, 5.41) is 13.6. The average molecular weight is 460 g/mol. The minimum absolute atomic E-state index is 0.0416. The molecular formula is C26H25N3O5. The SMILES string of the molecule is COC(=O)c1ccc(OC[C@H](O)Cn2c(CNC(=O)c3ccccc3)nc3ccccc32)cc1. The number of para-hydroxylation sites is 2. The van der Waals surface area contributed by atoms with Gasteiger partial charge in [0.15, 0.2) is 0 Å². The van der Waals surface area contributed by atoms with Gasteiger partial charge in [-0.1, -0.05) is 30.3 Å². The van der Waals surface area contributed by atoms with Gasteiger partial charge in [0.25, 0.3) is 5.91 Å². The largest absolute Gasteiger partial charge is 0.491 e. The lowest BCUT2D eigenvalue weighted by molar-refractivity contribution is 0.0600. The van der Waals surface area contributed by atoms with Crippen LogP contribution >= 0.6 is 0 Å². The minimum Gasteiger partial charge on any atom is -0.491 e. The summed E-state index contributed by atoms with van der Waals surface area (Å²) in [6.45, 7) is 0.488. The van der Waals surface area contributed by atoms with Gasteiger partial charge in [0.2, 0.25) is 0 Å². The molecule has 8 heteroatoms. The fraction of sp³-hybridized carbons (Fsp3) is 0.192. The van der Waals surface area contributed by atoms with Gasteiger partial charge in [-0.15, -0.1) is 0 Å². The lowest BCUT2D eigenvalue weighted by Gasteiger charge is -2.16. The highest BCUT2D eigenvalue weighted by Crippen LogP contribution is 2.18. The first kappa shape index (κ1) is 23.0. The van der Waals surface area contributed by atoms with Crippen molar-refractivity contribution in [2.45, 2.75) is 19.2 Å². The quantitative estimate of drug-likeness (QED) is 0.373. The number of nitrogens with zero attached hydrogens (tertiary/aromatic N) is 2. The Hall–Kier alpha value is -4.17. The number of carbonyl (C=O) groups is 2. The van der Waals surface area contributed by atoms with E-state index >= 15 is 0 Å². The zero-order chi connectivity index (χ0) is 23.9. The van der Waals surface area contributed by atoms with Crippen LogP contribution in [0, 0.1) is 0 Å². The van der Waals surface area contributed by atoms with Gasteiger partial charge in [-0.25, -0.2) is 9.78 Å². The second-order valence-electron chi connectivity index (χ2n) is 7.66. The molecule has 0 radical (unpaired) electrons. The molecule has 0 fully saturated rings. The van der Waals surface area contributed by atoms with E-state index in [-0.39, 0.29) is 25.6 Å². The molecule has 4 aromatic rings. The van der Waals surface area contributed by atoms with E-state index in [1.165, 1.54) is 7.11 Å². The molecule has 2 N–H and O–H groups in total. The second-order valence-corrected chi connectivity index (χ2v) is 7.66. The molecule has 1 aromatic heterocycles. The molecule has 3 aromatic carbocycles. The maximum Gasteiger partial charge on any atom is 0.337 e.